The maximum absolute atomic E-state index is 12.5. The molecule has 1 fully saturated rings. The standard InChI is InChI=1S/C16H22N2O2/c1-10(2)15-16(20)18(9-14(19)17-15)12(4)13-7-5-11(3)6-8-13/h5-8,10,12,15H,9H2,1-4H3,(H,17,19). The van der Waals surface area contributed by atoms with E-state index < -0.39 is 6.04 Å². The van der Waals surface area contributed by atoms with Crippen LogP contribution < -0.4 is 5.32 Å². The molecule has 1 aliphatic rings. The second kappa shape index (κ2) is 5.65. The first-order chi connectivity index (χ1) is 9.40. The van der Waals surface area contributed by atoms with Gasteiger partial charge in [0.25, 0.3) is 0 Å². The van der Waals surface area contributed by atoms with Gasteiger partial charge in [0, 0.05) is 0 Å². The number of benzene rings is 1. The Labute approximate surface area is 120 Å². The van der Waals surface area contributed by atoms with Crippen LogP contribution in [0.2, 0.25) is 0 Å². The smallest absolute Gasteiger partial charge is 0.246 e. The highest BCUT2D eigenvalue weighted by Gasteiger charge is 2.36. The third-order valence-corrected chi connectivity index (χ3v) is 3.87. The van der Waals surface area contributed by atoms with Crippen LogP contribution in [0.5, 0.6) is 0 Å². The van der Waals surface area contributed by atoms with E-state index in [1.54, 1.807) is 4.90 Å². The zero-order chi connectivity index (χ0) is 14.9. The minimum atomic E-state index is -0.413. The topological polar surface area (TPSA) is 49.4 Å². The molecule has 0 spiro atoms. The van der Waals surface area contributed by atoms with Crippen molar-refractivity contribution >= 4 is 11.8 Å². The Balaban J connectivity index is 2.23. The molecular weight excluding hydrogens is 252 g/mol. The summed E-state index contributed by atoms with van der Waals surface area (Å²) in [4.78, 5) is 26.0. The van der Waals surface area contributed by atoms with Crippen molar-refractivity contribution in [1.29, 1.82) is 0 Å². The van der Waals surface area contributed by atoms with Crippen LogP contribution >= 0.6 is 0 Å². The molecule has 0 aromatic heterocycles. The van der Waals surface area contributed by atoms with Crippen molar-refractivity contribution in [2.75, 3.05) is 6.54 Å². The number of rotatable bonds is 3. The number of hydrogen-bond acceptors (Lipinski definition) is 2. The number of piperazine rings is 1. The van der Waals surface area contributed by atoms with Crippen LogP contribution in [0.15, 0.2) is 24.3 Å². The summed E-state index contributed by atoms with van der Waals surface area (Å²) >= 11 is 0. The Morgan fingerprint density at radius 1 is 1.15 bits per heavy atom. The second-order valence-corrected chi connectivity index (χ2v) is 5.84. The molecule has 1 N–H and O–H groups in total. The summed E-state index contributed by atoms with van der Waals surface area (Å²) in [6.45, 7) is 8.03. The Morgan fingerprint density at radius 3 is 2.30 bits per heavy atom. The fraction of sp³-hybridized carbons (Fsp3) is 0.500. The van der Waals surface area contributed by atoms with Gasteiger partial charge in [-0.05, 0) is 25.3 Å². The van der Waals surface area contributed by atoms with Gasteiger partial charge in [-0.2, -0.15) is 0 Å². The van der Waals surface area contributed by atoms with Gasteiger partial charge in [-0.25, -0.2) is 0 Å². The number of nitrogens with zero attached hydrogens (tertiary/aromatic N) is 1. The monoisotopic (exact) mass is 274 g/mol. The van der Waals surface area contributed by atoms with E-state index in [9.17, 15) is 9.59 Å². The lowest BCUT2D eigenvalue weighted by Gasteiger charge is -2.38. The van der Waals surface area contributed by atoms with E-state index in [0.717, 1.165) is 5.56 Å². The first-order valence-electron chi connectivity index (χ1n) is 7.06. The highest BCUT2D eigenvalue weighted by atomic mass is 16.2. The molecule has 1 heterocycles. The first-order valence-corrected chi connectivity index (χ1v) is 7.06. The van der Waals surface area contributed by atoms with Gasteiger partial charge in [0.15, 0.2) is 0 Å². The van der Waals surface area contributed by atoms with E-state index in [-0.39, 0.29) is 30.3 Å². The first kappa shape index (κ1) is 14.6. The van der Waals surface area contributed by atoms with Crippen molar-refractivity contribution in [2.24, 2.45) is 5.92 Å². The summed E-state index contributed by atoms with van der Waals surface area (Å²) in [6.07, 6.45) is 0. The van der Waals surface area contributed by atoms with E-state index in [4.69, 9.17) is 0 Å². The van der Waals surface area contributed by atoms with Crippen LogP contribution in [-0.2, 0) is 9.59 Å². The minimum Gasteiger partial charge on any atom is -0.343 e. The molecule has 1 aromatic carbocycles. The Morgan fingerprint density at radius 2 is 1.75 bits per heavy atom. The molecule has 2 amide bonds. The van der Waals surface area contributed by atoms with Gasteiger partial charge < -0.3 is 10.2 Å². The molecule has 1 aromatic rings. The fourth-order valence-corrected chi connectivity index (χ4v) is 2.50. The van der Waals surface area contributed by atoms with Crippen LogP contribution in [-0.4, -0.2) is 29.3 Å². The number of carbonyl (C=O) groups excluding carboxylic acids is 2. The summed E-state index contributed by atoms with van der Waals surface area (Å²) in [5.74, 6) is 0.0226. The normalized spacial score (nSPS) is 21.1. The van der Waals surface area contributed by atoms with Crippen molar-refractivity contribution in [3.63, 3.8) is 0 Å². The molecule has 2 rings (SSSR count). The minimum absolute atomic E-state index is 0.00711. The van der Waals surface area contributed by atoms with Gasteiger partial charge in [0.1, 0.15) is 12.6 Å². The summed E-state index contributed by atoms with van der Waals surface area (Å²) in [7, 11) is 0. The van der Waals surface area contributed by atoms with Crippen LogP contribution in [0.25, 0.3) is 0 Å². The Bertz CT molecular complexity index is 508. The number of aryl methyl sites for hydroxylation is 1. The molecule has 2 unspecified atom stereocenters. The maximum atomic E-state index is 12.5. The van der Waals surface area contributed by atoms with Gasteiger partial charge in [0.2, 0.25) is 11.8 Å². The quantitative estimate of drug-likeness (QED) is 0.917. The van der Waals surface area contributed by atoms with Gasteiger partial charge in [0.05, 0.1) is 6.04 Å². The van der Waals surface area contributed by atoms with Gasteiger partial charge in [-0.1, -0.05) is 43.7 Å². The molecular formula is C16H22N2O2. The molecule has 108 valence electrons. The number of carbonyl (C=O) groups is 2. The van der Waals surface area contributed by atoms with Gasteiger partial charge in [-0.15, -0.1) is 0 Å². The van der Waals surface area contributed by atoms with E-state index in [1.165, 1.54) is 5.56 Å². The predicted molar refractivity (Wildman–Crippen MR) is 78.1 cm³/mol. The molecule has 20 heavy (non-hydrogen) atoms. The fourth-order valence-electron chi connectivity index (χ4n) is 2.50. The summed E-state index contributed by atoms with van der Waals surface area (Å²) in [5.41, 5.74) is 2.24. The predicted octanol–water partition coefficient (Wildman–Crippen LogP) is 2.04. The van der Waals surface area contributed by atoms with Gasteiger partial charge in [-0.3, -0.25) is 9.59 Å². The highest BCUT2D eigenvalue weighted by molar-refractivity contribution is 5.95. The molecule has 0 aliphatic carbocycles. The third-order valence-electron chi connectivity index (χ3n) is 3.87. The molecule has 0 saturated carbocycles. The largest absolute Gasteiger partial charge is 0.343 e. The SMILES string of the molecule is Cc1ccc(C(C)N2CC(=O)NC(C(C)C)C2=O)cc1. The Hall–Kier alpha value is -1.84. The number of nitrogens with one attached hydrogen (secondary N) is 1. The average Bonchev–Trinajstić information content (AvgIpc) is 2.41. The number of hydrogen-bond donors (Lipinski definition) is 1. The van der Waals surface area contributed by atoms with E-state index in [0.29, 0.717) is 0 Å². The van der Waals surface area contributed by atoms with Crippen LogP contribution in [0.3, 0.4) is 0 Å². The van der Waals surface area contributed by atoms with Crippen molar-refractivity contribution in [2.45, 2.75) is 39.8 Å². The second-order valence-electron chi connectivity index (χ2n) is 5.84. The molecule has 1 saturated heterocycles. The van der Waals surface area contributed by atoms with Crippen molar-refractivity contribution in [1.82, 2.24) is 10.2 Å². The molecule has 4 nitrogen and oxygen atoms in total. The van der Waals surface area contributed by atoms with Crippen LogP contribution in [0, 0.1) is 12.8 Å². The number of amides is 2. The summed E-state index contributed by atoms with van der Waals surface area (Å²) < 4.78 is 0. The summed E-state index contributed by atoms with van der Waals surface area (Å²) in [6, 6.07) is 7.59. The van der Waals surface area contributed by atoms with Crippen molar-refractivity contribution in [3.05, 3.63) is 35.4 Å². The van der Waals surface area contributed by atoms with Gasteiger partial charge >= 0.3 is 0 Å². The highest BCUT2D eigenvalue weighted by Crippen LogP contribution is 2.24. The third kappa shape index (κ3) is 2.84. The molecule has 0 bridgehead atoms. The van der Waals surface area contributed by atoms with E-state index in [1.807, 2.05) is 52.0 Å². The maximum Gasteiger partial charge on any atom is 0.246 e. The van der Waals surface area contributed by atoms with E-state index in [2.05, 4.69) is 5.32 Å². The zero-order valence-corrected chi connectivity index (χ0v) is 12.5. The van der Waals surface area contributed by atoms with Crippen molar-refractivity contribution < 1.29 is 9.59 Å². The average molecular weight is 274 g/mol. The summed E-state index contributed by atoms with van der Waals surface area (Å²) in [5, 5.41) is 2.78. The van der Waals surface area contributed by atoms with Crippen molar-refractivity contribution in [3.8, 4) is 0 Å². The molecule has 1 aliphatic heterocycles. The zero-order valence-electron chi connectivity index (χ0n) is 12.5. The van der Waals surface area contributed by atoms with Crippen LogP contribution in [0.1, 0.15) is 37.9 Å². The van der Waals surface area contributed by atoms with E-state index >= 15 is 0 Å². The molecule has 0 radical (unpaired) electrons. The lowest BCUT2D eigenvalue weighted by Crippen LogP contribution is -2.60. The lowest BCUT2D eigenvalue weighted by atomic mass is 9.97. The molecule has 2 atom stereocenters. The Kier molecular flexibility index (Phi) is 4.12. The lowest BCUT2D eigenvalue weighted by molar-refractivity contribution is -0.147. The van der Waals surface area contributed by atoms with Crippen LogP contribution in [0.4, 0.5) is 0 Å². The molecule has 4 heteroatoms.